The molecule has 0 saturated carbocycles. The molecule has 2 aromatic rings. The SMILES string of the molecule is Cc1cc(C)cc(C(N)C2CCOc3ccccc32)c1. The van der Waals surface area contributed by atoms with E-state index < -0.39 is 0 Å². The molecule has 2 aromatic carbocycles. The number of hydrogen-bond donors (Lipinski definition) is 1. The number of rotatable bonds is 2. The quantitative estimate of drug-likeness (QED) is 0.896. The van der Waals surface area contributed by atoms with Crippen LogP contribution in [-0.2, 0) is 0 Å². The summed E-state index contributed by atoms with van der Waals surface area (Å²) in [5, 5.41) is 0. The topological polar surface area (TPSA) is 35.2 Å². The number of hydrogen-bond acceptors (Lipinski definition) is 2. The standard InChI is InChI=1S/C18H21NO/c1-12-9-13(2)11-14(10-12)18(19)16-7-8-20-17-6-4-3-5-15(16)17/h3-6,9-11,16,18H,7-8,19H2,1-2H3. The maximum Gasteiger partial charge on any atom is 0.122 e. The number of benzene rings is 2. The second-order valence-electron chi connectivity index (χ2n) is 5.73. The fourth-order valence-electron chi connectivity index (χ4n) is 3.18. The van der Waals surface area contributed by atoms with Crippen LogP contribution in [-0.4, -0.2) is 6.61 Å². The van der Waals surface area contributed by atoms with Crippen LogP contribution in [0.15, 0.2) is 42.5 Å². The molecule has 2 heteroatoms. The van der Waals surface area contributed by atoms with Crippen LogP contribution in [0.3, 0.4) is 0 Å². The average molecular weight is 267 g/mol. The number of nitrogens with two attached hydrogens (primary N) is 1. The van der Waals surface area contributed by atoms with Crippen molar-refractivity contribution in [1.29, 1.82) is 0 Å². The smallest absolute Gasteiger partial charge is 0.122 e. The minimum Gasteiger partial charge on any atom is -0.493 e. The first-order chi connectivity index (χ1) is 9.65. The largest absolute Gasteiger partial charge is 0.493 e. The van der Waals surface area contributed by atoms with Gasteiger partial charge in [0.1, 0.15) is 5.75 Å². The van der Waals surface area contributed by atoms with E-state index >= 15 is 0 Å². The molecule has 104 valence electrons. The van der Waals surface area contributed by atoms with Crippen LogP contribution in [0.2, 0.25) is 0 Å². The third kappa shape index (κ3) is 2.44. The molecule has 20 heavy (non-hydrogen) atoms. The first-order valence-electron chi connectivity index (χ1n) is 7.20. The second-order valence-corrected chi connectivity index (χ2v) is 5.73. The van der Waals surface area contributed by atoms with Gasteiger partial charge in [-0.15, -0.1) is 0 Å². The summed E-state index contributed by atoms with van der Waals surface area (Å²) in [5.41, 5.74) is 11.6. The molecule has 0 fully saturated rings. The fraction of sp³-hybridized carbons (Fsp3) is 0.333. The van der Waals surface area contributed by atoms with Crippen molar-refractivity contribution in [1.82, 2.24) is 0 Å². The summed E-state index contributed by atoms with van der Waals surface area (Å²) in [5.74, 6) is 1.32. The van der Waals surface area contributed by atoms with Gasteiger partial charge in [0.2, 0.25) is 0 Å². The summed E-state index contributed by atoms with van der Waals surface area (Å²) in [4.78, 5) is 0. The maximum absolute atomic E-state index is 6.57. The van der Waals surface area contributed by atoms with E-state index in [1.807, 2.05) is 12.1 Å². The van der Waals surface area contributed by atoms with Crippen LogP contribution in [0.5, 0.6) is 5.75 Å². The molecule has 0 saturated heterocycles. The molecule has 2 unspecified atom stereocenters. The monoisotopic (exact) mass is 267 g/mol. The predicted molar refractivity (Wildman–Crippen MR) is 82.1 cm³/mol. The highest BCUT2D eigenvalue weighted by atomic mass is 16.5. The van der Waals surface area contributed by atoms with Gasteiger partial charge in [0.05, 0.1) is 6.61 Å². The van der Waals surface area contributed by atoms with Crippen molar-refractivity contribution in [2.24, 2.45) is 5.73 Å². The summed E-state index contributed by atoms with van der Waals surface area (Å²) in [6.07, 6.45) is 0.977. The first kappa shape index (κ1) is 13.2. The van der Waals surface area contributed by atoms with Crippen LogP contribution < -0.4 is 10.5 Å². The van der Waals surface area contributed by atoms with Gasteiger partial charge in [-0.05, 0) is 37.5 Å². The zero-order valence-corrected chi connectivity index (χ0v) is 12.1. The van der Waals surface area contributed by atoms with Gasteiger partial charge in [0.25, 0.3) is 0 Å². The lowest BCUT2D eigenvalue weighted by atomic mass is 9.83. The van der Waals surface area contributed by atoms with E-state index in [9.17, 15) is 0 Å². The molecule has 0 aromatic heterocycles. The zero-order chi connectivity index (χ0) is 14.1. The Labute approximate surface area is 120 Å². The highest BCUT2D eigenvalue weighted by molar-refractivity contribution is 5.41. The molecule has 0 amide bonds. The molecule has 0 radical (unpaired) electrons. The number of ether oxygens (including phenoxy) is 1. The zero-order valence-electron chi connectivity index (χ0n) is 12.1. The van der Waals surface area contributed by atoms with Crippen molar-refractivity contribution in [3.8, 4) is 5.75 Å². The second kappa shape index (κ2) is 5.29. The molecular formula is C18H21NO. The minimum atomic E-state index is 0.0265. The summed E-state index contributed by atoms with van der Waals surface area (Å²) in [7, 11) is 0. The first-order valence-corrected chi connectivity index (χ1v) is 7.20. The van der Waals surface area contributed by atoms with Gasteiger partial charge in [-0.1, -0.05) is 47.5 Å². The number of aryl methyl sites for hydroxylation is 2. The summed E-state index contributed by atoms with van der Waals surface area (Å²) in [6.45, 7) is 5.00. The Balaban J connectivity index is 1.97. The molecule has 1 aliphatic heterocycles. The Morgan fingerprint density at radius 2 is 1.80 bits per heavy atom. The molecule has 1 heterocycles. The number of para-hydroxylation sites is 1. The van der Waals surface area contributed by atoms with E-state index in [2.05, 4.69) is 44.2 Å². The number of fused-ring (bicyclic) bond motifs is 1. The van der Waals surface area contributed by atoms with Crippen LogP contribution in [0, 0.1) is 13.8 Å². The van der Waals surface area contributed by atoms with E-state index in [4.69, 9.17) is 10.5 Å². The van der Waals surface area contributed by atoms with E-state index in [1.54, 1.807) is 0 Å². The Kier molecular flexibility index (Phi) is 3.49. The fourth-order valence-corrected chi connectivity index (χ4v) is 3.18. The van der Waals surface area contributed by atoms with Gasteiger partial charge in [0.15, 0.2) is 0 Å². The van der Waals surface area contributed by atoms with Gasteiger partial charge < -0.3 is 10.5 Å². The molecule has 0 spiro atoms. The van der Waals surface area contributed by atoms with Crippen molar-refractivity contribution in [3.63, 3.8) is 0 Å². The summed E-state index contributed by atoms with van der Waals surface area (Å²) in [6, 6.07) is 14.9. The van der Waals surface area contributed by atoms with Crippen molar-refractivity contribution < 1.29 is 4.74 Å². The van der Waals surface area contributed by atoms with Gasteiger partial charge in [0, 0.05) is 12.0 Å². The van der Waals surface area contributed by atoms with Gasteiger partial charge in [-0.2, -0.15) is 0 Å². The molecule has 2 N–H and O–H groups in total. The van der Waals surface area contributed by atoms with Gasteiger partial charge >= 0.3 is 0 Å². The predicted octanol–water partition coefficient (Wildman–Crippen LogP) is 3.87. The lowest BCUT2D eigenvalue weighted by molar-refractivity contribution is 0.255. The minimum absolute atomic E-state index is 0.0265. The highest BCUT2D eigenvalue weighted by Gasteiger charge is 2.27. The van der Waals surface area contributed by atoms with Gasteiger partial charge in [-0.3, -0.25) is 0 Å². The molecule has 1 aliphatic rings. The Morgan fingerprint density at radius 1 is 1.10 bits per heavy atom. The van der Waals surface area contributed by atoms with Crippen LogP contribution in [0.25, 0.3) is 0 Å². The van der Waals surface area contributed by atoms with Crippen molar-refractivity contribution >= 4 is 0 Å². The van der Waals surface area contributed by atoms with E-state index in [0.29, 0.717) is 5.92 Å². The average Bonchev–Trinajstić information content (AvgIpc) is 2.45. The van der Waals surface area contributed by atoms with Crippen LogP contribution in [0.4, 0.5) is 0 Å². The Bertz CT molecular complexity index is 600. The molecule has 2 nitrogen and oxygen atoms in total. The molecule has 2 atom stereocenters. The third-order valence-electron chi connectivity index (χ3n) is 4.07. The summed E-state index contributed by atoms with van der Waals surface area (Å²) < 4.78 is 5.73. The van der Waals surface area contributed by atoms with E-state index in [1.165, 1.54) is 22.3 Å². The van der Waals surface area contributed by atoms with Crippen molar-refractivity contribution in [3.05, 3.63) is 64.7 Å². The molecule has 3 rings (SSSR count). The summed E-state index contributed by atoms with van der Waals surface area (Å²) >= 11 is 0. The Morgan fingerprint density at radius 3 is 2.55 bits per heavy atom. The highest BCUT2D eigenvalue weighted by Crippen LogP contribution is 2.40. The normalized spacial score (nSPS) is 19.1. The maximum atomic E-state index is 6.57. The van der Waals surface area contributed by atoms with Crippen LogP contribution in [0.1, 0.15) is 40.6 Å². The Hall–Kier alpha value is -1.80. The van der Waals surface area contributed by atoms with Crippen molar-refractivity contribution in [2.75, 3.05) is 6.61 Å². The lowest BCUT2D eigenvalue weighted by Gasteiger charge is -2.30. The van der Waals surface area contributed by atoms with Crippen LogP contribution >= 0.6 is 0 Å². The molecular weight excluding hydrogens is 246 g/mol. The molecule has 0 bridgehead atoms. The molecule has 0 aliphatic carbocycles. The van der Waals surface area contributed by atoms with Gasteiger partial charge in [-0.25, -0.2) is 0 Å². The van der Waals surface area contributed by atoms with Crippen molar-refractivity contribution in [2.45, 2.75) is 32.2 Å². The van der Waals surface area contributed by atoms with E-state index in [-0.39, 0.29) is 6.04 Å². The lowest BCUT2D eigenvalue weighted by Crippen LogP contribution is -2.25. The van der Waals surface area contributed by atoms with E-state index in [0.717, 1.165) is 18.8 Å². The third-order valence-corrected chi connectivity index (χ3v) is 4.07.